The van der Waals surface area contributed by atoms with Gasteiger partial charge in [-0.25, -0.2) is 0 Å². The predicted octanol–water partition coefficient (Wildman–Crippen LogP) is 4.19. The van der Waals surface area contributed by atoms with Crippen LogP contribution in [0.2, 0.25) is 5.02 Å². The van der Waals surface area contributed by atoms with Crippen LogP contribution < -0.4 is 10.6 Å². The van der Waals surface area contributed by atoms with Crippen molar-refractivity contribution >= 4 is 29.1 Å². The molecule has 0 aliphatic rings. The molecular weight excluding hydrogens is 376 g/mol. The molecule has 0 spiro atoms. The maximum Gasteiger partial charge on any atom is 0.270 e. The quantitative estimate of drug-likeness (QED) is 0.679. The van der Waals surface area contributed by atoms with Crippen LogP contribution in [0.15, 0.2) is 60.9 Å². The maximum atomic E-state index is 12.5. The van der Waals surface area contributed by atoms with Crippen molar-refractivity contribution in [2.24, 2.45) is 0 Å². The van der Waals surface area contributed by atoms with Crippen LogP contribution in [0.3, 0.4) is 0 Å². The fraction of sp³-hybridized carbons (Fsp3) is 0.143. The molecule has 2 amide bonds. The molecule has 142 valence electrons. The Kier molecular flexibility index (Phi) is 6.01. The highest BCUT2D eigenvalue weighted by Crippen LogP contribution is 2.29. The molecule has 2 aromatic heterocycles. The van der Waals surface area contributed by atoms with Crippen LogP contribution >= 0.6 is 11.6 Å². The van der Waals surface area contributed by atoms with Crippen LogP contribution in [0.4, 0.5) is 5.69 Å². The number of pyridine rings is 2. The largest absolute Gasteiger partial charge is 0.349 e. The van der Waals surface area contributed by atoms with Crippen molar-refractivity contribution in [2.45, 2.75) is 19.9 Å². The van der Waals surface area contributed by atoms with Crippen LogP contribution in [-0.2, 0) is 0 Å². The SMILES string of the molecule is CC(C)NC(=O)c1ccc(C(=O)Nc2ccc(Cl)c(-c3ccccn3)c2)cn1. The van der Waals surface area contributed by atoms with E-state index in [9.17, 15) is 9.59 Å². The summed E-state index contributed by atoms with van der Waals surface area (Å²) in [5, 5.41) is 6.11. The molecule has 0 atom stereocenters. The van der Waals surface area contributed by atoms with Crippen LogP contribution in [0, 0.1) is 0 Å². The van der Waals surface area contributed by atoms with Gasteiger partial charge in [0.25, 0.3) is 11.8 Å². The predicted molar refractivity (Wildman–Crippen MR) is 109 cm³/mol. The van der Waals surface area contributed by atoms with Gasteiger partial charge >= 0.3 is 0 Å². The van der Waals surface area contributed by atoms with Crippen molar-refractivity contribution < 1.29 is 9.59 Å². The minimum Gasteiger partial charge on any atom is -0.349 e. The Hall–Kier alpha value is -3.25. The zero-order valence-electron chi connectivity index (χ0n) is 15.4. The summed E-state index contributed by atoms with van der Waals surface area (Å²) in [5.74, 6) is -0.614. The van der Waals surface area contributed by atoms with Crippen LogP contribution in [-0.4, -0.2) is 27.8 Å². The third-order valence-electron chi connectivity index (χ3n) is 3.84. The molecule has 3 rings (SSSR count). The maximum absolute atomic E-state index is 12.5. The van der Waals surface area contributed by atoms with E-state index in [1.165, 1.54) is 12.3 Å². The van der Waals surface area contributed by atoms with Crippen LogP contribution in [0.25, 0.3) is 11.3 Å². The van der Waals surface area contributed by atoms with Crippen LogP contribution in [0.5, 0.6) is 0 Å². The Balaban J connectivity index is 1.75. The number of aromatic nitrogens is 2. The number of hydrogen-bond acceptors (Lipinski definition) is 4. The summed E-state index contributed by atoms with van der Waals surface area (Å²) in [6, 6.07) is 13.8. The van der Waals surface area contributed by atoms with E-state index in [2.05, 4.69) is 20.6 Å². The molecule has 7 heteroatoms. The standard InChI is InChI=1S/C21H19ClN4O2/c1-13(2)25-21(28)19-9-6-14(12-24-19)20(27)26-15-7-8-17(22)16(11-15)18-5-3-4-10-23-18/h3-13H,1-2H3,(H,25,28)(H,26,27). The second-order valence-electron chi connectivity index (χ2n) is 6.42. The van der Waals surface area contributed by atoms with Gasteiger partial charge in [-0.3, -0.25) is 19.6 Å². The number of benzene rings is 1. The first-order valence-electron chi connectivity index (χ1n) is 8.73. The normalized spacial score (nSPS) is 10.6. The number of carbonyl (C=O) groups is 2. The van der Waals surface area contributed by atoms with Gasteiger partial charge in [0.05, 0.1) is 16.3 Å². The van der Waals surface area contributed by atoms with Gasteiger partial charge < -0.3 is 10.6 Å². The minimum atomic E-state index is -0.336. The summed E-state index contributed by atoms with van der Waals surface area (Å²) in [6.07, 6.45) is 3.06. The first-order chi connectivity index (χ1) is 13.4. The molecule has 2 N–H and O–H groups in total. The molecule has 0 saturated carbocycles. The monoisotopic (exact) mass is 394 g/mol. The average molecular weight is 395 g/mol. The van der Waals surface area contributed by atoms with Crippen molar-refractivity contribution in [3.8, 4) is 11.3 Å². The van der Waals surface area contributed by atoms with Crippen molar-refractivity contribution in [3.63, 3.8) is 0 Å². The summed E-state index contributed by atoms with van der Waals surface area (Å²) in [5.41, 5.74) is 2.62. The van der Waals surface area contributed by atoms with Crippen molar-refractivity contribution in [3.05, 3.63) is 77.2 Å². The number of anilines is 1. The Morgan fingerprint density at radius 1 is 1.00 bits per heavy atom. The van der Waals surface area contributed by atoms with Gasteiger partial charge in [0.1, 0.15) is 5.69 Å². The van der Waals surface area contributed by atoms with Gasteiger partial charge in [-0.15, -0.1) is 0 Å². The van der Waals surface area contributed by atoms with E-state index in [-0.39, 0.29) is 23.6 Å². The van der Waals surface area contributed by atoms with Gasteiger partial charge in [0.2, 0.25) is 0 Å². The van der Waals surface area contributed by atoms with E-state index in [1.54, 1.807) is 30.5 Å². The molecule has 28 heavy (non-hydrogen) atoms. The molecule has 0 bridgehead atoms. The number of nitrogens with zero attached hydrogens (tertiary/aromatic N) is 2. The van der Waals surface area contributed by atoms with E-state index in [1.807, 2.05) is 32.0 Å². The van der Waals surface area contributed by atoms with Gasteiger partial charge in [-0.1, -0.05) is 17.7 Å². The highest BCUT2D eigenvalue weighted by Gasteiger charge is 2.12. The molecule has 6 nitrogen and oxygen atoms in total. The van der Waals surface area contributed by atoms with E-state index in [4.69, 9.17) is 11.6 Å². The Bertz CT molecular complexity index is 989. The fourth-order valence-corrected chi connectivity index (χ4v) is 2.74. The molecule has 0 radical (unpaired) electrons. The first kappa shape index (κ1) is 19.5. The Morgan fingerprint density at radius 2 is 1.82 bits per heavy atom. The number of hydrogen-bond donors (Lipinski definition) is 2. The highest BCUT2D eigenvalue weighted by molar-refractivity contribution is 6.33. The van der Waals surface area contributed by atoms with E-state index >= 15 is 0 Å². The number of halogens is 1. The van der Waals surface area contributed by atoms with E-state index < -0.39 is 0 Å². The van der Waals surface area contributed by atoms with Crippen molar-refractivity contribution in [1.82, 2.24) is 15.3 Å². The second-order valence-corrected chi connectivity index (χ2v) is 6.83. The number of carbonyl (C=O) groups excluding carboxylic acids is 2. The summed E-state index contributed by atoms with van der Waals surface area (Å²) in [7, 11) is 0. The lowest BCUT2D eigenvalue weighted by atomic mass is 10.1. The summed E-state index contributed by atoms with van der Waals surface area (Å²) in [4.78, 5) is 32.8. The van der Waals surface area contributed by atoms with Gasteiger partial charge in [0, 0.05) is 29.7 Å². The molecule has 0 fully saturated rings. The lowest BCUT2D eigenvalue weighted by Gasteiger charge is -2.10. The van der Waals surface area contributed by atoms with Crippen molar-refractivity contribution in [2.75, 3.05) is 5.32 Å². The van der Waals surface area contributed by atoms with E-state index in [0.717, 1.165) is 5.56 Å². The minimum absolute atomic E-state index is 0.00970. The van der Waals surface area contributed by atoms with Gasteiger partial charge in [-0.2, -0.15) is 0 Å². The third kappa shape index (κ3) is 4.72. The molecule has 3 aromatic rings. The molecule has 0 saturated heterocycles. The number of amides is 2. The van der Waals surface area contributed by atoms with Gasteiger partial charge in [-0.05, 0) is 56.3 Å². The zero-order valence-corrected chi connectivity index (χ0v) is 16.2. The summed E-state index contributed by atoms with van der Waals surface area (Å²) < 4.78 is 0. The summed E-state index contributed by atoms with van der Waals surface area (Å²) in [6.45, 7) is 3.73. The molecule has 0 aliphatic heterocycles. The summed E-state index contributed by atoms with van der Waals surface area (Å²) >= 11 is 6.27. The number of rotatable bonds is 5. The first-order valence-corrected chi connectivity index (χ1v) is 9.11. The molecule has 1 aromatic carbocycles. The third-order valence-corrected chi connectivity index (χ3v) is 4.17. The Labute approximate surface area is 168 Å². The fourth-order valence-electron chi connectivity index (χ4n) is 2.52. The van der Waals surface area contributed by atoms with Gasteiger partial charge in [0.15, 0.2) is 0 Å². The lowest BCUT2D eigenvalue weighted by molar-refractivity contribution is 0.0936. The molecule has 2 heterocycles. The second kappa shape index (κ2) is 8.63. The van der Waals surface area contributed by atoms with Crippen molar-refractivity contribution in [1.29, 1.82) is 0 Å². The average Bonchev–Trinajstić information content (AvgIpc) is 2.69. The Morgan fingerprint density at radius 3 is 2.46 bits per heavy atom. The lowest BCUT2D eigenvalue weighted by Crippen LogP contribution is -2.30. The molecule has 0 unspecified atom stereocenters. The smallest absolute Gasteiger partial charge is 0.270 e. The highest BCUT2D eigenvalue weighted by atomic mass is 35.5. The zero-order chi connectivity index (χ0) is 20.1. The molecule has 0 aliphatic carbocycles. The van der Waals surface area contributed by atoms with Crippen LogP contribution in [0.1, 0.15) is 34.7 Å². The topological polar surface area (TPSA) is 84.0 Å². The molecular formula is C21H19ClN4O2. The van der Waals surface area contributed by atoms with E-state index in [0.29, 0.717) is 22.0 Å². The number of nitrogens with one attached hydrogen (secondary N) is 2.